The molecule has 8 heteroatoms. The number of aromatic nitrogens is 2. The maximum absolute atomic E-state index is 13.2. The molecule has 0 atom stereocenters. The number of thiophene rings is 1. The van der Waals surface area contributed by atoms with Gasteiger partial charge in [-0.2, -0.15) is 0 Å². The summed E-state index contributed by atoms with van der Waals surface area (Å²) < 4.78 is 12.1. The van der Waals surface area contributed by atoms with E-state index in [0.29, 0.717) is 34.8 Å². The SMILES string of the molecule is CCCN(CCC)C(=O)Cn1cnc2scc(-c3ccc(OC)c(OC)c3)c2c1=O. The molecule has 0 N–H and O–H groups in total. The van der Waals surface area contributed by atoms with Crippen LogP contribution in [0, 0.1) is 0 Å². The maximum Gasteiger partial charge on any atom is 0.263 e. The minimum atomic E-state index is -0.215. The fourth-order valence-corrected chi connectivity index (χ4v) is 4.35. The van der Waals surface area contributed by atoms with E-state index in [9.17, 15) is 9.59 Å². The Morgan fingerprint density at radius 2 is 1.83 bits per heavy atom. The summed E-state index contributed by atoms with van der Waals surface area (Å²) >= 11 is 1.40. The molecule has 0 spiro atoms. The maximum atomic E-state index is 13.2. The Morgan fingerprint density at radius 3 is 2.47 bits per heavy atom. The number of ether oxygens (including phenoxy) is 2. The predicted molar refractivity (Wildman–Crippen MR) is 120 cm³/mol. The molecule has 0 fully saturated rings. The van der Waals surface area contributed by atoms with Crippen molar-refractivity contribution in [3.8, 4) is 22.6 Å². The molecular weight excluding hydrogens is 402 g/mol. The second kappa shape index (κ2) is 9.75. The fourth-order valence-electron chi connectivity index (χ4n) is 3.44. The first-order valence-electron chi connectivity index (χ1n) is 10.0. The van der Waals surface area contributed by atoms with Crippen molar-refractivity contribution >= 4 is 27.5 Å². The topological polar surface area (TPSA) is 73.7 Å². The summed E-state index contributed by atoms with van der Waals surface area (Å²) in [4.78, 5) is 32.9. The Morgan fingerprint density at radius 1 is 1.13 bits per heavy atom. The minimum Gasteiger partial charge on any atom is -0.493 e. The third-order valence-electron chi connectivity index (χ3n) is 4.90. The van der Waals surface area contributed by atoms with Crippen molar-refractivity contribution in [3.63, 3.8) is 0 Å². The van der Waals surface area contributed by atoms with Crippen LogP contribution in [0.4, 0.5) is 0 Å². The van der Waals surface area contributed by atoms with Gasteiger partial charge in [0.15, 0.2) is 11.5 Å². The molecule has 2 heterocycles. The number of methoxy groups -OCH3 is 2. The van der Waals surface area contributed by atoms with E-state index in [1.54, 1.807) is 19.1 Å². The van der Waals surface area contributed by atoms with Gasteiger partial charge in [0.05, 0.1) is 25.9 Å². The molecular formula is C22H27N3O4S. The Labute approximate surface area is 179 Å². The Bertz CT molecular complexity index is 1080. The third-order valence-corrected chi connectivity index (χ3v) is 5.79. The lowest BCUT2D eigenvalue weighted by atomic mass is 10.1. The Hall–Kier alpha value is -2.87. The zero-order chi connectivity index (χ0) is 21.7. The Balaban J connectivity index is 2.01. The zero-order valence-corrected chi connectivity index (χ0v) is 18.6. The van der Waals surface area contributed by atoms with E-state index in [2.05, 4.69) is 4.98 Å². The van der Waals surface area contributed by atoms with E-state index in [1.807, 2.05) is 37.4 Å². The molecule has 0 unspecified atom stereocenters. The van der Waals surface area contributed by atoms with Gasteiger partial charge in [-0.25, -0.2) is 4.98 Å². The van der Waals surface area contributed by atoms with Crippen molar-refractivity contribution in [2.45, 2.75) is 33.2 Å². The van der Waals surface area contributed by atoms with Gasteiger partial charge in [0, 0.05) is 24.0 Å². The van der Waals surface area contributed by atoms with E-state index in [-0.39, 0.29) is 18.0 Å². The number of fused-ring (bicyclic) bond motifs is 1. The van der Waals surface area contributed by atoms with Crippen LogP contribution < -0.4 is 15.0 Å². The number of carbonyl (C=O) groups excluding carboxylic acids is 1. The lowest BCUT2D eigenvalue weighted by Gasteiger charge is -2.21. The molecule has 0 aliphatic heterocycles. The highest BCUT2D eigenvalue weighted by Crippen LogP contribution is 2.36. The van der Waals surface area contributed by atoms with Crippen LogP contribution in [-0.4, -0.2) is 47.7 Å². The first-order chi connectivity index (χ1) is 14.5. The van der Waals surface area contributed by atoms with Crippen LogP contribution >= 0.6 is 11.3 Å². The van der Waals surface area contributed by atoms with E-state index in [4.69, 9.17) is 9.47 Å². The highest BCUT2D eigenvalue weighted by molar-refractivity contribution is 7.17. The molecule has 2 aromatic heterocycles. The van der Waals surface area contributed by atoms with Gasteiger partial charge in [-0.15, -0.1) is 11.3 Å². The van der Waals surface area contributed by atoms with Crippen LogP contribution in [0.15, 0.2) is 34.7 Å². The van der Waals surface area contributed by atoms with Gasteiger partial charge in [-0.3, -0.25) is 14.2 Å². The van der Waals surface area contributed by atoms with Gasteiger partial charge in [0.1, 0.15) is 11.4 Å². The van der Waals surface area contributed by atoms with Gasteiger partial charge in [0.2, 0.25) is 5.91 Å². The number of rotatable bonds is 9. The fraction of sp³-hybridized carbons (Fsp3) is 0.409. The summed E-state index contributed by atoms with van der Waals surface area (Å²) in [6, 6.07) is 5.53. The lowest BCUT2D eigenvalue weighted by molar-refractivity contribution is -0.132. The van der Waals surface area contributed by atoms with Crippen molar-refractivity contribution < 1.29 is 14.3 Å². The van der Waals surface area contributed by atoms with Crippen molar-refractivity contribution in [1.29, 1.82) is 0 Å². The van der Waals surface area contributed by atoms with Crippen LogP contribution in [-0.2, 0) is 11.3 Å². The van der Waals surface area contributed by atoms with Crippen LogP contribution in [0.5, 0.6) is 11.5 Å². The Kier molecular flexibility index (Phi) is 7.10. The van der Waals surface area contributed by atoms with Crippen LogP contribution in [0.2, 0.25) is 0 Å². The second-order valence-electron chi connectivity index (χ2n) is 6.96. The van der Waals surface area contributed by atoms with E-state index >= 15 is 0 Å². The van der Waals surface area contributed by atoms with E-state index in [0.717, 1.165) is 24.0 Å². The summed E-state index contributed by atoms with van der Waals surface area (Å²) in [6.07, 6.45) is 3.23. The first-order valence-corrected chi connectivity index (χ1v) is 10.9. The number of nitrogens with zero attached hydrogens (tertiary/aromatic N) is 3. The molecule has 0 radical (unpaired) electrons. The molecule has 0 aliphatic carbocycles. The van der Waals surface area contributed by atoms with Crippen LogP contribution in [0.1, 0.15) is 26.7 Å². The molecule has 3 rings (SSSR count). The lowest BCUT2D eigenvalue weighted by Crippen LogP contribution is -2.37. The standard InChI is InChI=1S/C22H27N3O4S/c1-5-9-24(10-6-2)19(26)12-25-14-23-21-20(22(25)27)16(13-30-21)15-7-8-17(28-3)18(11-15)29-4/h7-8,11,13-14H,5-6,9-10,12H2,1-4H3. The quantitative estimate of drug-likeness (QED) is 0.517. The molecule has 1 aromatic carbocycles. The smallest absolute Gasteiger partial charge is 0.263 e. The van der Waals surface area contributed by atoms with Gasteiger partial charge in [0.25, 0.3) is 5.56 Å². The van der Waals surface area contributed by atoms with Crippen molar-refractivity contribution in [3.05, 3.63) is 40.3 Å². The molecule has 1 amide bonds. The normalized spacial score (nSPS) is 10.9. The van der Waals surface area contributed by atoms with Crippen molar-refractivity contribution in [2.24, 2.45) is 0 Å². The minimum absolute atomic E-state index is 0.0109. The average molecular weight is 430 g/mol. The van der Waals surface area contributed by atoms with Gasteiger partial charge < -0.3 is 14.4 Å². The summed E-state index contributed by atoms with van der Waals surface area (Å²) in [5, 5.41) is 2.42. The molecule has 7 nitrogen and oxygen atoms in total. The number of hydrogen-bond donors (Lipinski definition) is 0. The number of benzene rings is 1. The summed E-state index contributed by atoms with van der Waals surface area (Å²) in [5.74, 6) is 1.14. The second-order valence-corrected chi connectivity index (χ2v) is 7.82. The van der Waals surface area contributed by atoms with Crippen LogP contribution in [0.25, 0.3) is 21.3 Å². The summed E-state index contributed by atoms with van der Waals surface area (Å²) in [6.45, 7) is 5.44. The van der Waals surface area contributed by atoms with Gasteiger partial charge >= 0.3 is 0 Å². The number of amides is 1. The monoisotopic (exact) mass is 429 g/mol. The molecule has 0 saturated carbocycles. The molecule has 3 aromatic rings. The van der Waals surface area contributed by atoms with Gasteiger partial charge in [-0.05, 0) is 30.5 Å². The van der Waals surface area contributed by atoms with Crippen molar-refractivity contribution in [1.82, 2.24) is 14.5 Å². The van der Waals surface area contributed by atoms with Gasteiger partial charge in [-0.1, -0.05) is 19.9 Å². The van der Waals surface area contributed by atoms with E-state index in [1.165, 1.54) is 22.2 Å². The highest BCUT2D eigenvalue weighted by atomic mass is 32.1. The molecule has 0 bridgehead atoms. The molecule has 160 valence electrons. The summed E-state index contributed by atoms with van der Waals surface area (Å²) in [7, 11) is 3.16. The molecule has 0 aliphatic rings. The third kappa shape index (κ3) is 4.33. The average Bonchev–Trinajstić information content (AvgIpc) is 3.20. The highest BCUT2D eigenvalue weighted by Gasteiger charge is 2.18. The summed E-state index contributed by atoms with van der Waals surface area (Å²) in [5.41, 5.74) is 1.39. The first kappa shape index (κ1) is 21.8. The van der Waals surface area contributed by atoms with E-state index < -0.39 is 0 Å². The van der Waals surface area contributed by atoms with Crippen molar-refractivity contribution in [2.75, 3.05) is 27.3 Å². The molecule has 0 saturated heterocycles. The largest absolute Gasteiger partial charge is 0.493 e. The number of carbonyl (C=O) groups is 1. The zero-order valence-electron chi connectivity index (χ0n) is 17.8. The van der Waals surface area contributed by atoms with Crippen LogP contribution in [0.3, 0.4) is 0 Å². The predicted octanol–water partition coefficient (Wildman–Crippen LogP) is 3.79. The molecule has 30 heavy (non-hydrogen) atoms. The number of hydrogen-bond acceptors (Lipinski definition) is 6.